The predicted molar refractivity (Wildman–Crippen MR) is 62.8 cm³/mol. The zero-order valence-corrected chi connectivity index (χ0v) is 9.93. The Morgan fingerprint density at radius 3 is 2.67 bits per heavy atom. The lowest BCUT2D eigenvalue weighted by atomic mass is 9.86. The van der Waals surface area contributed by atoms with Gasteiger partial charge in [0, 0.05) is 15.7 Å². The molecule has 2 radical (unpaired) electrons. The van der Waals surface area contributed by atoms with E-state index in [9.17, 15) is 5.11 Å². The second-order valence-electron chi connectivity index (χ2n) is 4.02. The second-order valence-corrected chi connectivity index (χ2v) is 5.45. The van der Waals surface area contributed by atoms with Crippen LogP contribution in [-0.4, -0.2) is 32.3 Å². The molecule has 1 aliphatic rings. The highest BCUT2D eigenvalue weighted by molar-refractivity contribution is 7.12. The number of rotatable bonds is 2. The summed E-state index contributed by atoms with van der Waals surface area (Å²) in [5.74, 6) is 0.119. The smallest absolute Gasteiger partial charge is 0.0864 e. The second kappa shape index (κ2) is 4.28. The number of ether oxygens (including phenoxy) is 1. The monoisotopic (exact) mass is 222 g/mol. The normalized spacial score (nSPS) is 26.1. The van der Waals surface area contributed by atoms with Crippen LogP contribution in [-0.2, 0) is 11.1 Å². The summed E-state index contributed by atoms with van der Waals surface area (Å²) < 4.78 is 5.30. The highest BCUT2D eigenvalue weighted by Crippen LogP contribution is 2.37. The third kappa shape index (κ3) is 1.86. The molecule has 0 bridgehead atoms. The lowest BCUT2D eigenvalue weighted by Crippen LogP contribution is -2.17. The Morgan fingerprint density at radius 1 is 1.40 bits per heavy atom. The first-order valence-corrected chi connectivity index (χ1v) is 6.01. The lowest BCUT2D eigenvalue weighted by molar-refractivity contribution is 0.124. The Labute approximate surface area is 95.7 Å². The van der Waals surface area contributed by atoms with E-state index < -0.39 is 0 Å². The van der Waals surface area contributed by atoms with Crippen LogP contribution in [0.25, 0.3) is 0 Å². The minimum absolute atomic E-state index is 0.119. The molecule has 0 spiro atoms. The van der Waals surface area contributed by atoms with Crippen molar-refractivity contribution in [3.05, 3.63) is 20.9 Å². The highest BCUT2D eigenvalue weighted by atomic mass is 32.1. The number of aliphatic hydroxyl groups is 1. The lowest BCUT2D eigenvalue weighted by Gasteiger charge is -2.15. The number of hydrogen-bond acceptors (Lipinski definition) is 3. The first kappa shape index (κ1) is 11.2. The zero-order valence-electron chi connectivity index (χ0n) is 9.12. The van der Waals surface area contributed by atoms with Crippen LogP contribution in [0.3, 0.4) is 0 Å². The summed E-state index contributed by atoms with van der Waals surface area (Å²) in [5, 5.41) is 9.83. The molecule has 0 aliphatic carbocycles. The predicted octanol–water partition coefficient (Wildman–Crippen LogP) is 1.51. The van der Waals surface area contributed by atoms with E-state index in [-0.39, 0.29) is 12.0 Å². The molecule has 15 heavy (non-hydrogen) atoms. The van der Waals surface area contributed by atoms with Crippen LogP contribution in [0.5, 0.6) is 0 Å². The number of aliphatic hydroxyl groups excluding tert-OH is 1. The van der Waals surface area contributed by atoms with Gasteiger partial charge in [-0.2, -0.15) is 0 Å². The molecule has 4 heteroatoms. The van der Waals surface area contributed by atoms with Crippen molar-refractivity contribution >= 4 is 19.2 Å². The van der Waals surface area contributed by atoms with Crippen molar-refractivity contribution < 1.29 is 9.84 Å². The molecule has 1 fully saturated rings. The van der Waals surface area contributed by atoms with E-state index in [0.29, 0.717) is 19.5 Å². The molecule has 2 rings (SSSR count). The molecule has 0 saturated carbocycles. The molecule has 2 heterocycles. The Hall–Kier alpha value is -0.315. The molecule has 1 aliphatic heterocycles. The maximum absolute atomic E-state index is 9.83. The number of thiophene rings is 1. The summed E-state index contributed by atoms with van der Waals surface area (Å²) in [5.41, 5.74) is 2.43. The van der Waals surface area contributed by atoms with E-state index >= 15 is 0 Å². The van der Waals surface area contributed by atoms with Crippen LogP contribution in [0.15, 0.2) is 0 Å². The molecular formula is C11H15BO2S. The van der Waals surface area contributed by atoms with Crippen molar-refractivity contribution in [3.63, 3.8) is 0 Å². The summed E-state index contributed by atoms with van der Waals surface area (Å²) in [6, 6.07) is 0. The van der Waals surface area contributed by atoms with Gasteiger partial charge in [0.25, 0.3) is 0 Å². The van der Waals surface area contributed by atoms with Gasteiger partial charge in [0.1, 0.15) is 0 Å². The van der Waals surface area contributed by atoms with Gasteiger partial charge in [-0.05, 0) is 25.0 Å². The van der Waals surface area contributed by atoms with Gasteiger partial charge < -0.3 is 9.84 Å². The molecule has 2 atom stereocenters. The van der Waals surface area contributed by atoms with E-state index in [0.717, 1.165) is 0 Å². The van der Waals surface area contributed by atoms with Crippen LogP contribution in [0.1, 0.15) is 26.8 Å². The van der Waals surface area contributed by atoms with Gasteiger partial charge in [0.05, 0.1) is 27.2 Å². The van der Waals surface area contributed by atoms with Crippen molar-refractivity contribution in [1.29, 1.82) is 0 Å². The summed E-state index contributed by atoms with van der Waals surface area (Å²) in [4.78, 5) is 2.53. The maximum atomic E-state index is 9.83. The fourth-order valence-electron chi connectivity index (χ4n) is 2.31. The minimum Gasteiger partial charge on any atom is -0.390 e. The Bertz CT molecular complexity index is 362. The third-order valence-corrected chi connectivity index (χ3v) is 4.14. The molecule has 1 N–H and O–H groups in total. The van der Waals surface area contributed by atoms with Crippen molar-refractivity contribution in [2.45, 2.75) is 32.2 Å². The number of hydrogen-bond donors (Lipinski definition) is 1. The molecule has 1 aromatic heterocycles. The van der Waals surface area contributed by atoms with Gasteiger partial charge in [0.2, 0.25) is 0 Å². The first-order valence-electron chi connectivity index (χ1n) is 5.19. The van der Waals surface area contributed by atoms with Crippen LogP contribution < -0.4 is 0 Å². The highest BCUT2D eigenvalue weighted by Gasteiger charge is 2.31. The van der Waals surface area contributed by atoms with Crippen LogP contribution >= 0.6 is 11.3 Å². The van der Waals surface area contributed by atoms with Gasteiger partial charge >= 0.3 is 0 Å². The average Bonchev–Trinajstić information content (AvgIpc) is 2.70. The van der Waals surface area contributed by atoms with Gasteiger partial charge in [0.15, 0.2) is 0 Å². The molecule has 0 aromatic carbocycles. The molecule has 1 aromatic rings. The topological polar surface area (TPSA) is 29.5 Å². The van der Waals surface area contributed by atoms with Crippen molar-refractivity contribution in [1.82, 2.24) is 0 Å². The summed E-state index contributed by atoms with van der Waals surface area (Å²) >= 11 is 1.76. The average molecular weight is 222 g/mol. The largest absolute Gasteiger partial charge is 0.390 e. The van der Waals surface area contributed by atoms with Crippen molar-refractivity contribution in [3.8, 4) is 0 Å². The summed E-state index contributed by atoms with van der Waals surface area (Å²) in [7, 11) is 5.76. The molecule has 0 amide bonds. The first-order chi connectivity index (χ1) is 7.15. The van der Waals surface area contributed by atoms with Crippen LogP contribution in [0, 0.1) is 13.8 Å². The Kier molecular flexibility index (Phi) is 3.19. The van der Waals surface area contributed by atoms with Crippen LogP contribution in [0.4, 0.5) is 0 Å². The van der Waals surface area contributed by atoms with Crippen molar-refractivity contribution in [2.75, 3.05) is 13.2 Å². The molecule has 80 valence electrons. The van der Waals surface area contributed by atoms with Gasteiger partial charge in [-0.1, -0.05) is 6.32 Å². The molecule has 2 unspecified atom stereocenters. The van der Waals surface area contributed by atoms with E-state index in [1.807, 2.05) is 0 Å². The van der Waals surface area contributed by atoms with E-state index in [4.69, 9.17) is 12.6 Å². The third-order valence-electron chi connectivity index (χ3n) is 3.06. The molecule has 1 saturated heterocycles. The summed E-state index contributed by atoms with van der Waals surface area (Å²) in [6.45, 7) is 5.25. The van der Waals surface area contributed by atoms with Gasteiger partial charge in [-0.25, -0.2) is 0 Å². The maximum Gasteiger partial charge on any atom is 0.0864 e. The fourth-order valence-corrected chi connectivity index (χ4v) is 3.47. The van der Waals surface area contributed by atoms with E-state index in [2.05, 4.69) is 13.8 Å². The minimum atomic E-state index is -0.372. The fraction of sp³-hybridized carbons (Fsp3) is 0.636. The number of aryl methyl sites for hydroxylation is 2. The SMILES string of the molecule is [B]Cc1c(C)sc(C)c1C1COCC1O. The Morgan fingerprint density at radius 2 is 2.13 bits per heavy atom. The summed E-state index contributed by atoms with van der Waals surface area (Å²) in [6.07, 6.45) is 0.178. The van der Waals surface area contributed by atoms with Gasteiger partial charge in [-0.15, -0.1) is 11.3 Å². The quantitative estimate of drug-likeness (QED) is 0.768. The van der Waals surface area contributed by atoms with E-state index in [1.165, 1.54) is 20.9 Å². The van der Waals surface area contributed by atoms with Crippen LogP contribution in [0.2, 0.25) is 0 Å². The molecular weight excluding hydrogens is 207 g/mol. The van der Waals surface area contributed by atoms with Crippen molar-refractivity contribution in [2.24, 2.45) is 0 Å². The zero-order chi connectivity index (χ0) is 11.0. The standard InChI is InChI=1S/C11H15BO2S/c1-6-8(3-12)11(7(2)15-6)9-4-14-5-10(9)13/h9-10,13H,3-5H2,1-2H3. The van der Waals surface area contributed by atoms with Gasteiger partial charge in [-0.3, -0.25) is 0 Å². The Balaban J connectivity index is 2.41. The van der Waals surface area contributed by atoms with E-state index in [1.54, 1.807) is 11.3 Å². The molecule has 2 nitrogen and oxygen atoms in total.